The van der Waals surface area contributed by atoms with Crippen molar-refractivity contribution < 1.29 is 13.2 Å². The van der Waals surface area contributed by atoms with Gasteiger partial charge in [0, 0.05) is 24.2 Å². The van der Waals surface area contributed by atoms with E-state index < -0.39 is 10.0 Å². The summed E-state index contributed by atoms with van der Waals surface area (Å²) in [5.41, 5.74) is 3.70. The minimum atomic E-state index is -3.41. The Kier molecular flexibility index (Phi) is 6.37. The Morgan fingerprint density at radius 2 is 1.97 bits per heavy atom. The average Bonchev–Trinajstić information content (AvgIpc) is 3.02. The highest BCUT2D eigenvalue weighted by molar-refractivity contribution is 7.92. The molecule has 3 aromatic rings. The first-order chi connectivity index (χ1) is 14.1. The molecule has 158 valence electrons. The summed E-state index contributed by atoms with van der Waals surface area (Å²) in [4.78, 5) is 12.5. The second-order valence-electron chi connectivity index (χ2n) is 7.08. The molecule has 0 unspecified atom stereocenters. The van der Waals surface area contributed by atoms with Crippen LogP contribution in [0.4, 0.5) is 11.4 Å². The van der Waals surface area contributed by atoms with Crippen molar-refractivity contribution in [3.8, 4) is 11.4 Å². The first-order valence-electron chi connectivity index (χ1n) is 9.23. The van der Waals surface area contributed by atoms with Crippen molar-refractivity contribution in [2.75, 3.05) is 16.3 Å². The lowest BCUT2D eigenvalue weighted by Crippen LogP contribution is -2.16. The van der Waals surface area contributed by atoms with Crippen molar-refractivity contribution in [2.45, 2.75) is 26.8 Å². The van der Waals surface area contributed by atoms with Gasteiger partial charge in [-0.1, -0.05) is 29.8 Å². The molecule has 0 radical (unpaired) electrons. The Hall–Kier alpha value is -2.98. The number of sulfonamides is 1. The van der Waals surface area contributed by atoms with Crippen LogP contribution in [0.15, 0.2) is 42.5 Å². The average molecular weight is 446 g/mol. The van der Waals surface area contributed by atoms with E-state index in [1.807, 2.05) is 31.2 Å². The van der Waals surface area contributed by atoms with E-state index in [0.717, 1.165) is 22.9 Å². The van der Waals surface area contributed by atoms with Crippen molar-refractivity contribution in [2.24, 2.45) is 0 Å². The third-order valence-electron chi connectivity index (χ3n) is 4.41. The number of nitrogens with zero attached hydrogens (tertiary/aromatic N) is 2. The molecular weight excluding hydrogens is 422 g/mol. The van der Waals surface area contributed by atoms with E-state index in [1.165, 1.54) is 0 Å². The normalized spacial score (nSPS) is 11.3. The minimum Gasteiger partial charge on any atom is -0.326 e. The SMILES string of the molecule is Cc1cccc(-c2n[nH]c(=S)n2CCC(=O)Nc2ccc(C)c(NS(C)(=O)=O)c2)c1. The van der Waals surface area contributed by atoms with Crippen LogP contribution in [0.2, 0.25) is 0 Å². The number of hydrogen-bond donors (Lipinski definition) is 3. The van der Waals surface area contributed by atoms with E-state index >= 15 is 0 Å². The molecule has 0 bridgehead atoms. The molecule has 30 heavy (non-hydrogen) atoms. The number of amides is 1. The zero-order valence-corrected chi connectivity index (χ0v) is 18.5. The van der Waals surface area contributed by atoms with Crippen molar-refractivity contribution in [1.82, 2.24) is 14.8 Å². The quantitative estimate of drug-likeness (QED) is 0.481. The summed E-state index contributed by atoms with van der Waals surface area (Å²) < 4.78 is 27.7. The fourth-order valence-electron chi connectivity index (χ4n) is 2.98. The number of H-pyrrole nitrogens is 1. The third kappa shape index (κ3) is 5.55. The summed E-state index contributed by atoms with van der Waals surface area (Å²) in [6.45, 7) is 4.13. The number of anilines is 2. The second-order valence-corrected chi connectivity index (χ2v) is 9.21. The van der Waals surface area contributed by atoms with E-state index in [2.05, 4.69) is 20.2 Å². The fraction of sp³-hybridized carbons (Fsp3) is 0.250. The number of hydrogen-bond acceptors (Lipinski definition) is 5. The Morgan fingerprint density at radius 3 is 2.67 bits per heavy atom. The second kappa shape index (κ2) is 8.80. The van der Waals surface area contributed by atoms with Gasteiger partial charge >= 0.3 is 0 Å². The van der Waals surface area contributed by atoms with E-state index in [1.54, 1.807) is 29.7 Å². The molecule has 0 aliphatic carbocycles. The van der Waals surface area contributed by atoms with Gasteiger partial charge in [0.25, 0.3) is 0 Å². The van der Waals surface area contributed by atoms with E-state index in [9.17, 15) is 13.2 Å². The maximum atomic E-state index is 12.5. The van der Waals surface area contributed by atoms with Crippen LogP contribution in [0.3, 0.4) is 0 Å². The number of aryl methyl sites for hydroxylation is 2. The van der Waals surface area contributed by atoms with Crippen LogP contribution < -0.4 is 10.0 Å². The molecule has 0 saturated heterocycles. The van der Waals surface area contributed by atoms with Crippen LogP contribution in [0.25, 0.3) is 11.4 Å². The van der Waals surface area contributed by atoms with E-state index in [4.69, 9.17) is 12.2 Å². The van der Waals surface area contributed by atoms with E-state index in [0.29, 0.717) is 28.5 Å². The molecular formula is C20H23N5O3S2. The molecule has 0 saturated carbocycles. The number of carbonyl (C=O) groups excluding carboxylic acids is 1. The predicted molar refractivity (Wildman–Crippen MR) is 120 cm³/mol. The maximum Gasteiger partial charge on any atom is 0.229 e. The Bertz CT molecular complexity index is 1250. The third-order valence-corrected chi connectivity index (χ3v) is 5.32. The summed E-state index contributed by atoms with van der Waals surface area (Å²) in [5, 5.41) is 9.87. The highest BCUT2D eigenvalue weighted by Crippen LogP contribution is 2.22. The van der Waals surface area contributed by atoms with Crippen molar-refractivity contribution >= 4 is 39.5 Å². The lowest BCUT2D eigenvalue weighted by molar-refractivity contribution is -0.116. The molecule has 0 atom stereocenters. The van der Waals surface area contributed by atoms with Gasteiger partial charge in [-0.25, -0.2) is 8.42 Å². The monoisotopic (exact) mass is 445 g/mol. The summed E-state index contributed by atoms with van der Waals surface area (Å²) in [5.74, 6) is 0.453. The van der Waals surface area contributed by atoms with Gasteiger partial charge in [0.15, 0.2) is 10.6 Å². The predicted octanol–water partition coefficient (Wildman–Crippen LogP) is 3.62. The lowest BCUT2D eigenvalue weighted by atomic mass is 10.1. The van der Waals surface area contributed by atoms with E-state index in [-0.39, 0.29) is 12.3 Å². The number of carbonyl (C=O) groups is 1. The molecule has 0 aliphatic rings. The first kappa shape index (κ1) is 21.7. The largest absolute Gasteiger partial charge is 0.326 e. The topological polar surface area (TPSA) is 109 Å². The highest BCUT2D eigenvalue weighted by Gasteiger charge is 2.12. The number of nitrogens with one attached hydrogen (secondary N) is 3. The Morgan fingerprint density at radius 1 is 1.20 bits per heavy atom. The van der Waals surface area contributed by atoms with Gasteiger partial charge in [-0.2, -0.15) is 5.10 Å². The molecule has 8 nitrogen and oxygen atoms in total. The lowest BCUT2D eigenvalue weighted by Gasteiger charge is -2.12. The Labute approximate surface area is 180 Å². The molecule has 0 fully saturated rings. The van der Waals surface area contributed by atoms with Crippen LogP contribution in [0, 0.1) is 18.6 Å². The van der Waals surface area contributed by atoms with Crippen molar-refractivity contribution in [3.63, 3.8) is 0 Å². The molecule has 3 N–H and O–H groups in total. The highest BCUT2D eigenvalue weighted by atomic mass is 32.2. The molecule has 3 rings (SSSR count). The van der Waals surface area contributed by atoms with Crippen molar-refractivity contribution in [3.05, 3.63) is 58.4 Å². The number of aromatic nitrogens is 3. The molecule has 1 amide bonds. The maximum absolute atomic E-state index is 12.5. The summed E-state index contributed by atoms with van der Waals surface area (Å²) >= 11 is 5.32. The number of rotatable bonds is 7. The summed E-state index contributed by atoms with van der Waals surface area (Å²) in [6.07, 6.45) is 1.26. The zero-order valence-electron chi connectivity index (χ0n) is 16.9. The van der Waals surface area contributed by atoms with Gasteiger partial charge < -0.3 is 5.32 Å². The van der Waals surface area contributed by atoms with Gasteiger partial charge in [0.2, 0.25) is 15.9 Å². The fourth-order valence-corrected chi connectivity index (χ4v) is 3.82. The van der Waals surface area contributed by atoms with Crippen LogP contribution >= 0.6 is 12.2 Å². The number of aromatic amines is 1. The molecule has 10 heteroatoms. The first-order valence-corrected chi connectivity index (χ1v) is 11.5. The molecule has 1 aromatic heterocycles. The zero-order chi connectivity index (χ0) is 21.9. The molecule has 2 aromatic carbocycles. The van der Waals surface area contributed by atoms with Crippen molar-refractivity contribution in [1.29, 1.82) is 0 Å². The number of benzene rings is 2. The van der Waals surface area contributed by atoms with Crippen LogP contribution in [-0.4, -0.2) is 35.3 Å². The summed E-state index contributed by atoms with van der Waals surface area (Å²) in [7, 11) is -3.41. The van der Waals surface area contributed by atoms with Crippen LogP contribution in [0.5, 0.6) is 0 Å². The van der Waals surface area contributed by atoms with Crippen LogP contribution in [-0.2, 0) is 21.4 Å². The standard InChI is InChI=1S/C20H23N5O3S2/c1-13-5-4-6-15(11-13)19-22-23-20(29)25(19)10-9-18(26)21-16-8-7-14(2)17(12-16)24-30(3,27)28/h4-8,11-12,24H,9-10H2,1-3H3,(H,21,26)(H,23,29). The Balaban J connectivity index is 1.71. The van der Waals surface area contributed by atoms with Gasteiger partial charge in [0.05, 0.1) is 11.9 Å². The van der Waals surface area contributed by atoms with Gasteiger partial charge in [-0.05, 0) is 49.8 Å². The van der Waals surface area contributed by atoms with Gasteiger partial charge in [0.1, 0.15) is 0 Å². The summed E-state index contributed by atoms with van der Waals surface area (Å²) in [6, 6.07) is 12.9. The van der Waals surface area contributed by atoms with Gasteiger partial charge in [-0.3, -0.25) is 19.2 Å². The van der Waals surface area contributed by atoms with Gasteiger partial charge in [-0.15, -0.1) is 0 Å². The van der Waals surface area contributed by atoms with Crippen LogP contribution in [0.1, 0.15) is 17.5 Å². The molecule has 0 aliphatic heterocycles. The minimum absolute atomic E-state index is 0.176. The molecule has 1 heterocycles. The molecule has 0 spiro atoms. The smallest absolute Gasteiger partial charge is 0.229 e.